The number of aromatic hydroxyl groups is 1. The van der Waals surface area contributed by atoms with E-state index in [-0.39, 0.29) is 17.2 Å². The Balaban J connectivity index is 1.65. The first-order valence-electron chi connectivity index (χ1n) is 7.27. The maximum absolute atomic E-state index is 12.0. The fourth-order valence-electron chi connectivity index (χ4n) is 3.70. The van der Waals surface area contributed by atoms with Crippen LogP contribution in [0.25, 0.3) is 0 Å². The van der Waals surface area contributed by atoms with E-state index >= 15 is 0 Å². The van der Waals surface area contributed by atoms with Crippen LogP contribution in [0.5, 0.6) is 5.75 Å². The zero-order valence-corrected chi connectivity index (χ0v) is 11.7. The van der Waals surface area contributed by atoms with Crippen LogP contribution in [0.4, 0.5) is 0 Å². The molecular formula is C16H20N2O2. The molecule has 106 valence electrons. The summed E-state index contributed by atoms with van der Waals surface area (Å²) in [6.07, 6.45) is 5.20. The fraction of sp³-hybridized carbons (Fsp3) is 0.500. The van der Waals surface area contributed by atoms with Gasteiger partial charge in [0.15, 0.2) is 0 Å². The number of rotatable bonds is 3. The molecule has 2 fully saturated rings. The second kappa shape index (κ2) is 5.27. The lowest BCUT2D eigenvalue weighted by Crippen LogP contribution is -2.24. The lowest BCUT2D eigenvalue weighted by molar-refractivity contribution is 0.0952. The Bertz CT molecular complexity index is 553. The number of hydrogen-bond donors (Lipinski definition) is 2. The highest BCUT2D eigenvalue weighted by atomic mass is 16.3. The van der Waals surface area contributed by atoms with Crippen LogP contribution >= 0.6 is 0 Å². The molecule has 3 unspecified atom stereocenters. The number of benzene rings is 1. The summed E-state index contributed by atoms with van der Waals surface area (Å²) in [5.74, 6) is 1.77. The van der Waals surface area contributed by atoms with Gasteiger partial charge in [0.25, 0.3) is 5.91 Å². The Labute approximate surface area is 118 Å². The molecule has 2 aliphatic carbocycles. The van der Waals surface area contributed by atoms with Crippen molar-refractivity contribution in [2.45, 2.75) is 32.6 Å². The summed E-state index contributed by atoms with van der Waals surface area (Å²) >= 11 is 0. The third kappa shape index (κ3) is 2.42. The Morgan fingerprint density at radius 2 is 2.10 bits per heavy atom. The van der Waals surface area contributed by atoms with E-state index in [1.807, 2.05) is 6.92 Å². The van der Waals surface area contributed by atoms with Gasteiger partial charge in [-0.1, -0.05) is 18.6 Å². The second-order valence-electron chi connectivity index (χ2n) is 5.99. The summed E-state index contributed by atoms with van der Waals surface area (Å²) in [5, 5.41) is 13.9. The van der Waals surface area contributed by atoms with Crippen LogP contribution in [-0.4, -0.2) is 16.7 Å². The average molecular weight is 272 g/mol. The van der Waals surface area contributed by atoms with E-state index in [2.05, 4.69) is 10.5 Å². The molecule has 2 bridgehead atoms. The van der Waals surface area contributed by atoms with E-state index < -0.39 is 0 Å². The smallest absolute Gasteiger partial charge is 0.275 e. The van der Waals surface area contributed by atoms with Crippen molar-refractivity contribution in [2.75, 3.05) is 0 Å². The largest absolute Gasteiger partial charge is 0.507 e. The molecule has 1 amide bonds. The van der Waals surface area contributed by atoms with Gasteiger partial charge in [0.05, 0.1) is 5.56 Å². The Morgan fingerprint density at radius 3 is 2.75 bits per heavy atom. The molecule has 2 saturated carbocycles. The van der Waals surface area contributed by atoms with Crippen LogP contribution in [0.3, 0.4) is 0 Å². The van der Waals surface area contributed by atoms with Crippen LogP contribution < -0.4 is 5.43 Å². The van der Waals surface area contributed by atoms with Gasteiger partial charge in [-0.05, 0) is 50.2 Å². The van der Waals surface area contributed by atoms with Crippen LogP contribution in [0.2, 0.25) is 0 Å². The van der Waals surface area contributed by atoms with Crippen LogP contribution in [0.15, 0.2) is 29.4 Å². The summed E-state index contributed by atoms with van der Waals surface area (Å²) in [6.45, 7) is 2.00. The van der Waals surface area contributed by atoms with Crippen LogP contribution in [-0.2, 0) is 0 Å². The molecule has 20 heavy (non-hydrogen) atoms. The van der Waals surface area contributed by atoms with Gasteiger partial charge in [0, 0.05) is 11.6 Å². The molecule has 3 rings (SSSR count). The maximum atomic E-state index is 12.0. The van der Waals surface area contributed by atoms with E-state index in [0.29, 0.717) is 5.92 Å². The Kier molecular flexibility index (Phi) is 3.47. The van der Waals surface area contributed by atoms with Crippen molar-refractivity contribution < 1.29 is 9.90 Å². The van der Waals surface area contributed by atoms with Gasteiger partial charge in [0.1, 0.15) is 5.75 Å². The van der Waals surface area contributed by atoms with Crippen molar-refractivity contribution in [1.82, 2.24) is 5.43 Å². The Hall–Kier alpha value is -1.84. The van der Waals surface area contributed by atoms with E-state index in [4.69, 9.17) is 0 Å². The minimum atomic E-state index is -0.356. The number of hydrogen-bond acceptors (Lipinski definition) is 3. The first kappa shape index (κ1) is 13.2. The molecule has 4 nitrogen and oxygen atoms in total. The third-order valence-corrected chi connectivity index (χ3v) is 4.76. The number of nitrogens with one attached hydrogen (secondary N) is 1. The molecule has 0 saturated heterocycles. The van der Waals surface area contributed by atoms with E-state index in [1.54, 1.807) is 18.2 Å². The number of phenolic OH excluding ortho intramolecular Hbond substituents is 1. The van der Waals surface area contributed by atoms with Gasteiger partial charge in [0.2, 0.25) is 0 Å². The summed E-state index contributed by atoms with van der Waals surface area (Å²) < 4.78 is 0. The minimum Gasteiger partial charge on any atom is -0.507 e. The van der Waals surface area contributed by atoms with Crippen molar-refractivity contribution in [1.29, 1.82) is 0 Å². The quantitative estimate of drug-likeness (QED) is 0.656. The summed E-state index contributed by atoms with van der Waals surface area (Å²) in [4.78, 5) is 12.0. The SMILES string of the molecule is C/C(=N\NC(=O)c1ccccc1O)C1CC2CCC1C2. The summed E-state index contributed by atoms with van der Waals surface area (Å²) in [7, 11) is 0. The first-order chi connectivity index (χ1) is 9.65. The standard InChI is InChI=1S/C16H20N2O2/c1-10(14-9-11-6-7-12(14)8-11)17-18-16(20)13-4-2-3-5-15(13)19/h2-5,11-12,14,19H,6-9H2,1H3,(H,18,20)/b17-10+. The monoisotopic (exact) mass is 272 g/mol. The molecule has 0 heterocycles. The third-order valence-electron chi connectivity index (χ3n) is 4.76. The highest BCUT2D eigenvalue weighted by Gasteiger charge is 2.40. The fourth-order valence-corrected chi connectivity index (χ4v) is 3.70. The minimum absolute atomic E-state index is 0.0159. The van der Waals surface area contributed by atoms with Crippen LogP contribution in [0, 0.1) is 17.8 Å². The molecule has 4 heteroatoms. The lowest BCUT2D eigenvalue weighted by atomic mass is 9.86. The molecule has 0 aromatic heterocycles. The molecule has 0 aliphatic heterocycles. The highest BCUT2D eigenvalue weighted by molar-refractivity contribution is 5.97. The molecule has 0 spiro atoms. The number of hydrazone groups is 1. The van der Waals surface area contributed by atoms with E-state index in [9.17, 15) is 9.90 Å². The first-order valence-corrected chi connectivity index (χ1v) is 7.27. The predicted octanol–water partition coefficient (Wildman–Crippen LogP) is 2.93. The van der Waals surface area contributed by atoms with Crippen molar-refractivity contribution in [3.63, 3.8) is 0 Å². The van der Waals surface area contributed by atoms with Gasteiger partial charge in [-0.15, -0.1) is 0 Å². The Morgan fingerprint density at radius 1 is 1.30 bits per heavy atom. The van der Waals surface area contributed by atoms with Crippen molar-refractivity contribution in [3.05, 3.63) is 29.8 Å². The zero-order valence-electron chi connectivity index (χ0n) is 11.7. The number of nitrogens with zero attached hydrogens (tertiary/aromatic N) is 1. The molecule has 1 aromatic carbocycles. The van der Waals surface area contributed by atoms with Gasteiger partial charge in [-0.3, -0.25) is 4.79 Å². The van der Waals surface area contributed by atoms with E-state index in [0.717, 1.165) is 17.5 Å². The summed E-state index contributed by atoms with van der Waals surface area (Å²) in [5.41, 5.74) is 3.84. The van der Waals surface area contributed by atoms with Crippen molar-refractivity contribution >= 4 is 11.6 Å². The van der Waals surface area contributed by atoms with Gasteiger partial charge in [-0.25, -0.2) is 5.43 Å². The molecule has 3 atom stereocenters. The maximum Gasteiger partial charge on any atom is 0.275 e. The average Bonchev–Trinajstić information content (AvgIpc) is 3.07. The van der Waals surface area contributed by atoms with Crippen molar-refractivity contribution in [3.8, 4) is 5.75 Å². The topological polar surface area (TPSA) is 61.7 Å². The predicted molar refractivity (Wildman–Crippen MR) is 77.6 cm³/mol. The van der Waals surface area contributed by atoms with Crippen LogP contribution in [0.1, 0.15) is 43.0 Å². The van der Waals surface area contributed by atoms with Gasteiger partial charge in [-0.2, -0.15) is 5.10 Å². The van der Waals surface area contributed by atoms with Crippen molar-refractivity contribution in [2.24, 2.45) is 22.9 Å². The molecule has 0 radical (unpaired) electrons. The normalized spacial score (nSPS) is 28.6. The van der Waals surface area contributed by atoms with E-state index in [1.165, 1.54) is 31.7 Å². The van der Waals surface area contributed by atoms with Gasteiger partial charge >= 0.3 is 0 Å². The number of carbonyl (C=O) groups excluding carboxylic acids is 1. The van der Waals surface area contributed by atoms with Gasteiger partial charge < -0.3 is 5.11 Å². The molecule has 1 aromatic rings. The summed E-state index contributed by atoms with van der Waals surface area (Å²) in [6, 6.07) is 6.51. The second-order valence-corrected chi connectivity index (χ2v) is 5.99. The number of phenols is 1. The molecule has 2 N–H and O–H groups in total. The molecule has 2 aliphatic rings. The number of amides is 1. The number of fused-ring (bicyclic) bond motifs is 2. The number of carbonyl (C=O) groups is 1. The highest BCUT2D eigenvalue weighted by Crippen LogP contribution is 2.48. The zero-order chi connectivity index (χ0) is 14.1. The lowest BCUT2D eigenvalue weighted by Gasteiger charge is -2.21. The molecular weight excluding hydrogens is 252 g/mol. The number of para-hydroxylation sites is 1.